The van der Waals surface area contributed by atoms with Gasteiger partial charge in [-0.1, -0.05) is 45.9 Å². The number of ketones is 1. The summed E-state index contributed by atoms with van der Waals surface area (Å²) >= 11 is 0. The quantitative estimate of drug-likeness (QED) is 0.405. The normalized spacial score (nSPS) is 47.6. The number of fused-ring (bicyclic) bond motifs is 5. The van der Waals surface area contributed by atoms with Gasteiger partial charge < -0.3 is 20.4 Å². The van der Waals surface area contributed by atoms with Gasteiger partial charge in [0.1, 0.15) is 5.78 Å². The number of Topliss-reactive ketones (excluding diaryl/α,β-unsaturated/α-hetero) is 1. The number of carbonyl (C=O) groups excluding carboxylic acids is 1. The number of aliphatic carboxylic acids is 2. The van der Waals surface area contributed by atoms with E-state index in [0.29, 0.717) is 38.5 Å². The van der Waals surface area contributed by atoms with Crippen molar-refractivity contribution in [2.75, 3.05) is 0 Å². The van der Waals surface area contributed by atoms with Crippen LogP contribution in [0.5, 0.6) is 0 Å². The highest BCUT2D eigenvalue weighted by Crippen LogP contribution is 2.72. The van der Waals surface area contributed by atoms with E-state index in [1.54, 1.807) is 13.8 Å². The molecule has 4 aliphatic rings. The molecule has 7 heteroatoms. The SMILES string of the molecule is CC(=O)[C@H](C)CC[C@@]1(C(=O)O)C=C2C=CC3[C@@]4(C)C[C@@H](O)[C@H](O)[C@](C)(C(=O)O)C4CC[C@@]3(C)[C@@]2(C)CC1. The molecule has 0 amide bonds. The largest absolute Gasteiger partial charge is 0.481 e. The highest BCUT2D eigenvalue weighted by atomic mass is 16.4. The number of allylic oxidation sites excluding steroid dienone is 3. The highest BCUT2D eigenvalue weighted by Gasteiger charge is 2.69. The van der Waals surface area contributed by atoms with Gasteiger partial charge in [-0.15, -0.1) is 0 Å². The van der Waals surface area contributed by atoms with Crippen LogP contribution in [0.2, 0.25) is 0 Å². The molecule has 2 saturated carbocycles. The van der Waals surface area contributed by atoms with E-state index in [2.05, 4.69) is 26.8 Å². The Labute approximate surface area is 220 Å². The summed E-state index contributed by atoms with van der Waals surface area (Å²) in [5, 5.41) is 42.2. The summed E-state index contributed by atoms with van der Waals surface area (Å²) in [4.78, 5) is 36.9. The van der Waals surface area contributed by atoms with Crippen LogP contribution < -0.4 is 0 Å². The molecule has 2 unspecified atom stereocenters. The Balaban J connectivity index is 1.78. The molecule has 10 atom stereocenters. The number of carbonyl (C=O) groups is 3. The van der Waals surface area contributed by atoms with Gasteiger partial charge in [-0.2, -0.15) is 0 Å². The van der Waals surface area contributed by atoms with Gasteiger partial charge in [-0.25, -0.2) is 0 Å². The summed E-state index contributed by atoms with van der Waals surface area (Å²) in [5.41, 5.74) is -2.57. The maximum Gasteiger partial charge on any atom is 0.313 e. The van der Waals surface area contributed by atoms with E-state index < -0.39 is 40.4 Å². The minimum absolute atomic E-state index is 0.0308. The molecule has 0 aliphatic heterocycles. The summed E-state index contributed by atoms with van der Waals surface area (Å²) in [5.74, 6) is -2.37. The van der Waals surface area contributed by atoms with E-state index in [9.17, 15) is 34.8 Å². The van der Waals surface area contributed by atoms with Gasteiger partial charge in [0.15, 0.2) is 0 Å². The van der Waals surface area contributed by atoms with E-state index in [4.69, 9.17) is 0 Å². The number of aliphatic hydroxyl groups excluding tert-OH is 2. The molecule has 0 heterocycles. The molecule has 0 saturated heterocycles. The van der Waals surface area contributed by atoms with Crippen LogP contribution in [0.15, 0.2) is 23.8 Å². The van der Waals surface area contributed by atoms with Crippen LogP contribution in [-0.4, -0.2) is 50.4 Å². The van der Waals surface area contributed by atoms with Crippen LogP contribution in [0.25, 0.3) is 0 Å². The average molecular weight is 517 g/mol. The molecular weight excluding hydrogens is 472 g/mol. The Hall–Kier alpha value is -1.99. The lowest BCUT2D eigenvalue weighted by molar-refractivity contribution is -0.229. The Morgan fingerprint density at radius 3 is 2.24 bits per heavy atom. The minimum atomic E-state index is -1.45. The van der Waals surface area contributed by atoms with Crippen molar-refractivity contribution >= 4 is 17.7 Å². The van der Waals surface area contributed by atoms with Crippen LogP contribution in [0.1, 0.15) is 86.5 Å². The van der Waals surface area contributed by atoms with Gasteiger partial charge in [0.2, 0.25) is 0 Å². The maximum atomic E-state index is 12.6. The van der Waals surface area contributed by atoms with Crippen molar-refractivity contribution in [3.63, 3.8) is 0 Å². The lowest BCUT2D eigenvalue weighted by Gasteiger charge is -2.68. The van der Waals surface area contributed by atoms with Crippen molar-refractivity contribution < 1.29 is 34.8 Å². The fourth-order valence-electron chi connectivity index (χ4n) is 8.97. The van der Waals surface area contributed by atoms with Crippen LogP contribution in [0.4, 0.5) is 0 Å². The predicted molar refractivity (Wildman–Crippen MR) is 139 cm³/mol. The fraction of sp³-hybridized carbons (Fsp3) is 0.767. The maximum absolute atomic E-state index is 12.6. The first-order valence-corrected chi connectivity index (χ1v) is 13.7. The number of carboxylic acids is 2. The zero-order valence-electron chi connectivity index (χ0n) is 23.1. The van der Waals surface area contributed by atoms with Crippen molar-refractivity contribution in [3.8, 4) is 0 Å². The molecule has 2 fully saturated rings. The zero-order chi connectivity index (χ0) is 27.8. The first-order chi connectivity index (χ1) is 17.0. The molecule has 206 valence electrons. The average Bonchev–Trinajstić information content (AvgIpc) is 2.81. The van der Waals surface area contributed by atoms with Crippen molar-refractivity contribution in [3.05, 3.63) is 23.8 Å². The summed E-state index contributed by atoms with van der Waals surface area (Å²) in [6, 6.07) is 0. The van der Waals surface area contributed by atoms with Crippen molar-refractivity contribution in [2.45, 2.75) is 98.7 Å². The molecule has 4 aliphatic carbocycles. The molecule has 0 spiro atoms. The standard InChI is InChI=1S/C30H44O7/c1-17(18(2)31)9-12-30(25(36)37)14-13-27(4)19(15-30)7-8-21-26(3)16-20(32)23(33)29(6,24(34)35)22(26)10-11-28(21,27)5/h7-8,15,17,20-23,32-33H,9-14,16H2,1-6H3,(H,34,35)(H,36,37)/t17-,20-,21?,22?,23+,26-,27+,28-,29-,30+/m1/s1. The number of hydrogen-bond donors (Lipinski definition) is 4. The predicted octanol–water partition coefficient (Wildman–Crippen LogP) is 4.61. The molecule has 37 heavy (non-hydrogen) atoms. The number of hydrogen-bond acceptors (Lipinski definition) is 5. The van der Waals surface area contributed by atoms with Crippen molar-refractivity contribution in [1.82, 2.24) is 0 Å². The second kappa shape index (κ2) is 8.77. The van der Waals surface area contributed by atoms with Gasteiger partial charge in [0.25, 0.3) is 0 Å². The molecule has 0 bridgehead atoms. The van der Waals surface area contributed by atoms with Gasteiger partial charge >= 0.3 is 11.9 Å². The Morgan fingerprint density at radius 2 is 1.68 bits per heavy atom. The first-order valence-electron chi connectivity index (χ1n) is 13.7. The third-order valence-corrected chi connectivity index (χ3v) is 12.0. The Bertz CT molecular complexity index is 1060. The summed E-state index contributed by atoms with van der Waals surface area (Å²) in [6.45, 7) is 11.5. The highest BCUT2D eigenvalue weighted by molar-refractivity contribution is 5.80. The molecule has 7 nitrogen and oxygen atoms in total. The van der Waals surface area contributed by atoms with Gasteiger partial charge in [-0.3, -0.25) is 14.4 Å². The summed E-state index contributed by atoms with van der Waals surface area (Å²) < 4.78 is 0. The van der Waals surface area contributed by atoms with Crippen molar-refractivity contribution in [1.29, 1.82) is 0 Å². The van der Waals surface area contributed by atoms with E-state index in [1.807, 2.05) is 19.1 Å². The molecule has 4 rings (SSSR count). The van der Waals surface area contributed by atoms with E-state index in [0.717, 1.165) is 12.0 Å². The van der Waals surface area contributed by atoms with Crippen molar-refractivity contribution in [2.24, 2.45) is 44.8 Å². The van der Waals surface area contributed by atoms with Crippen LogP contribution in [0.3, 0.4) is 0 Å². The van der Waals surface area contributed by atoms with E-state index >= 15 is 0 Å². The number of aliphatic hydroxyl groups is 2. The Kier molecular flexibility index (Phi) is 6.64. The van der Waals surface area contributed by atoms with Gasteiger partial charge in [0, 0.05) is 5.92 Å². The van der Waals surface area contributed by atoms with Crippen LogP contribution >= 0.6 is 0 Å². The lowest BCUT2D eigenvalue weighted by Crippen LogP contribution is -2.67. The third-order valence-electron chi connectivity index (χ3n) is 12.0. The topological polar surface area (TPSA) is 132 Å². The van der Waals surface area contributed by atoms with E-state index in [1.165, 1.54) is 0 Å². The molecule has 0 aromatic heterocycles. The first kappa shape index (κ1) is 28.0. The van der Waals surface area contributed by atoms with Gasteiger partial charge in [-0.05, 0) is 92.4 Å². The number of carboxylic acid groups (broad SMARTS) is 2. The lowest BCUT2D eigenvalue weighted by atomic mass is 9.35. The zero-order valence-corrected chi connectivity index (χ0v) is 23.1. The van der Waals surface area contributed by atoms with Crippen LogP contribution in [-0.2, 0) is 14.4 Å². The van der Waals surface area contributed by atoms with E-state index in [-0.39, 0.29) is 34.4 Å². The molecule has 0 radical (unpaired) electrons. The second-order valence-electron chi connectivity index (χ2n) is 13.6. The summed E-state index contributed by atoms with van der Waals surface area (Å²) in [7, 11) is 0. The molecular formula is C30H44O7. The third kappa shape index (κ3) is 3.70. The monoisotopic (exact) mass is 516 g/mol. The minimum Gasteiger partial charge on any atom is -0.481 e. The summed E-state index contributed by atoms with van der Waals surface area (Å²) in [6.07, 6.45) is 7.46. The smallest absolute Gasteiger partial charge is 0.313 e. The molecule has 0 aromatic carbocycles. The number of rotatable bonds is 6. The van der Waals surface area contributed by atoms with Crippen LogP contribution in [0, 0.1) is 44.8 Å². The molecule has 4 N–H and O–H groups in total. The fourth-order valence-corrected chi connectivity index (χ4v) is 8.97. The molecule has 0 aromatic rings. The Morgan fingerprint density at radius 1 is 1.03 bits per heavy atom. The second-order valence-corrected chi connectivity index (χ2v) is 13.6. The van der Waals surface area contributed by atoms with Gasteiger partial charge in [0.05, 0.1) is 23.0 Å².